The summed E-state index contributed by atoms with van der Waals surface area (Å²) in [5.41, 5.74) is 4.45. The zero-order valence-electron chi connectivity index (χ0n) is 27.2. The molecule has 7 nitrogen and oxygen atoms in total. The first-order valence-electron chi connectivity index (χ1n) is 15.9. The molecule has 236 valence electrons. The number of amidine groups is 2. The van der Waals surface area contributed by atoms with Crippen LogP contribution in [0.3, 0.4) is 0 Å². The van der Waals surface area contributed by atoms with Crippen LogP contribution >= 0.6 is 11.3 Å². The van der Waals surface area contributed by atoms with Gasteiger partial charge in [0.25, 0.3) is 0 Å². The van der Waals surface area contributed by atoms with Crippen molar-refractivity contribution in [3.63, 3.8) is 0 Å². The summed E-state index contributed by atoms with van der Waals surface area (Å²) in [6.45, 7) is 7.32. The van der Waals surface area contributed by atoms with Crippen molar-refractivity contribution in [2.24, 2.45) is 9.98 Å². The summed E-state index contributed by atoms with van der Waals surface area (Å²) in [5, 5.41) is 26.1. The maximum Gasteiger partial charge on any atom is 0.330 e. The molecule has 7 rings (SSSR count). The molecule has 1 aliphatic rings. The summed E-state index contributed by atoms with van der Waals surface area (Å²) in [5.74, 6) is 1.30. The Labute approximate surface area is 284 Å². The summed E-state index contributed by atoms with van der Waals surface area (Å²) in [4.78, 5) is 14.6. The second-order valence-corrected chi connectivity index (χ2v) is 14.0. The van der Waals surface area contributed by atoms with Gasteiger partial charge in [0.05, 0.1) is 22.8 Å². The van der Waals surface area contributed by atoms with Gasteiger partial charge in [0.1, 0.15) is 12.0 Å². The molecule has 1 unspecified atom stereocenters. The van der Waals surface area contributed by atoms with Gasteiger partial charge in [-0.3, -0.25) is 4.98 Å². The van der Waals surface area contributed by atoms with Crippen molar-refractivity contribution < 1.29 is 9.76 Å². The van der Waals surface area contributed by atoms with Crippen LogP contribution in [0.4, 0.5) is 0 Å². The number of nitrogens with one attached hydrogen (secondary N) is 1. The first kappa shape index (κ1) is 31.5. The molecule has 0 spiro atoms. The van der Waals surface area contributed by atoms with E-state index >= 15 is 0 Å². The molecule has 0 bridgehead atoms. The normalized spacial score (nSPS) is 15.0. The topological polar surface area (TPSA) is 103 Å². The van der Waals surface area contributed by atoms with Crippen LogP contribution in [0, 0.1) is 11.3 Å². The Bertz CT molecular complexity index is 2250. The summed E-state index contributed by atoms with van der Waals surface area (Å²) < 4.78 is 8.55. The maximum absolute atomic E-state index is 10.6. The number of aromatic nitrogens is 1. The molecular formula is C39H34BN5O2S. The maximum atomic E-state index is 10.6. The SMILES string of the molecule is CC(C)(O)C(C)(C)OBc1nccc2sc3ccc(-c4ccc(C5=NC(c6ccccc6C#N)NC(c6ccccc6)=N5)cc4)cc3c12. The minimum absolute atomic E-state index is 0.293. The molecule has 0 aliphatic carbocycles. The first-order chi connectivity index (χ1) is 23.1. The highest BCUT2D eigenvalue weighted by atomic mass is 32.1. The van der Waals surface area contributed by atoms with Gasteiger partial charge >= 0.3 is 7.48 Å². The quantitative estimate of drug-likeness (QED) is 0.173. The fourth-order valence-corrected chi connectivity index (χ4v) is 6.74. The van der Waals surface area contributed by atoms with Gasteiger partial charge in [0.15, 0.2) is 5.84 Å². The molecule has 48 heavy (non-hydrogen) atoms. The Morgan fingerprint density at radius 3 is 2.29 bits per heavy atom. The van der Waals surface area contributed by atoms with Crippen LogP contribution in [-0.2, 0) is 4.65 Å². The number of pyridine rings is 1. The van der Waals surface area contributed by atoms with Gasteiger partial charge in [0.2, 0.25) is 0 Å². The monoisotopic (exact) mass is 647 g/mol. The molecule has 2 aromatic heterocycles. The molecule has 0 saturated carbocycles. The Hall–Kier alpha value is -5.14. The lowest BCUT2D eigenvalue weighted by Gasteiger charge is -2.37. The fourth-order valence-electron chi connectivity index (χ4n) is 5.64. The molecule has 0 saturated heterocycles. The van der Waals surface area contributed by atoms with Gasteiger partial charge in [-0.25, -0.2) is 9.98 Å². The van der Waals surface area contributed by atoms with Crippen LogP contribution in [-0.4, -0.2) is 40.4 Å². The summed E-state index contributed by atoms with van der Waals surface area (Å²) in [6.07, 6.45) is 1.37. The molecule has 4 aromatic carbocycles. The Morgan fingerprint density at radius 1 is 0.833 bits per heavy atom. The van der Waals surface area contributed by atoms with Crippen molar-refractivity contribution in [3.8, 4) is 17.2 Å². The van der Waals surface area contributed by atoms with Gasteiger partial charge < -0.3 is 15.1 Å². The third-order valence-corrected chi connectivity index (χ3v) is 10.3. The molecule has 0 amide bonds. The fraction of sp³-hybridized carbons (Fsp3) is 0.179. The van der Waals surface area contributed by atoms with Crippen molar-refractivity contribution in [2.75, 3.05) is 0 Å². The number of thiophene rings is 1. The van der Waals surface area contributed by atoms with E-state index in [-0.39, 0.29) is 0 Å². The second-order valence-electron chi connectivity index (χ2n) is 12.9. The van der Waals surface area contributed by atoms with Crippen LogP contribution in [0.15, 0.2) is 119 Å². The number of hydrogen-bond donors (Lipinski definition) is 2. The van der Waals surface area contributed by atoms with E-state index in [0.717, 1.165) is 48.9 Å². The van der Waals surface area contributed by atoms with E-state index in [1.165, 1.54) is 4.70 Å². The average Bonchev–Trinajstić information content (AvgIpc) is 3.49. The van der Waals surface area contributed by atoms with E-state index in [1.54, 1.807) is 25.2 Å². The van der Waals surface area contributed by atoms with E-state index < -0.39 is 17.4 Å². The van der Waals surface area contributed by atoms with Gasteiger partial charge in [-0.05, 0) is 63.1 Å². The lowest BCUT2D eigenvalue weighted by molar-refractivity contribution is -0.0893. The average molecular weight is 648 g/mol. The Kier molecular flexibility index (Phi) is 8.18. The number of aliphatic hydroxyl groups is 1. The Morgan fingerprint density at radius 2 is 1.54 bits per heavy atom. The van der Waals surface area contributed by atoms with Gasteiger partial charge in [-0.1, -0.05) is 78.9 Å². The summed E-state index contributed by atoms with van der Waals surface area (Å²) >= 11 is 1.74. The van der Waals surface area contributed by atoms with Gasteiger partial charge in [-0.2, -0.15) is 5.26 Å². The zero-order valence-corrected chi connectivity index (χ0v) is 28.0. The van der Waals surface area contributed by atoms with Crippen molar-refractivity contribution in [1.82, 2.24) is 10.3 Å². The van der Waals surface area contributed by atoms with Gasteiger partial charge in [0, 0.05) is 48.7 Å². The molecule has 0 radical (unpaired) electrons. The predicted octanol–water partition coefficient (Wildman–Crippen LogP) is 7.03. The van der Waals surface area contributed by atoms with Crippen molar-refractivity contribution in [3.05, 3.63) is 132 Å². The van der Waals surface area contributed by atoms with E-state index in [9.17, 15) is 10.4 Å². The lowest BCUT2D eigenvalue weighted by atomic mass is 9.83. The number of aliphatic imine (C=N–C) groups is 2. The molecule has 3 heterocycles. The van der Waals surface area contributed by atoms with Crippen molar-refractivity contribution in [1.29, 1.82) is 5.26 Å². The zero-order chi connectivity index (χ0) is 33.5. The molecule has 1 aliphatic heterocycles. The van der Waals surface area contributed by atoms with Crippen molar-refractivity contribution in [2.45, 2.75) is 45.1 Å². The molecule has 0 fully saturated rings. The number of rotatable bonds is 8. The third-order valence-electron chi connectivity index (χ3n) is 9.15. The van der Waals surface area contributed by atoms with Crippen LogP contribution in [0.25, 0.3) is 31.3 Å². The van der Waals surface area contributed by atoms with E-state index in [0.29, 0.717) is 24.7 Å². The number of fused-ring (bicyclic) bond motifs is 3. The minimum atomic E-state index is -1.01. The number of hydrogen-bond acceptors (Lipinski definition) is 8. The Balaban J connectivity index is 1.23. The lowest BCUT2D eigenvalue weighted by Crippen LogP contribution is -2.49. The number of benzene rings is 4. The summed E-state index contributed by atoms with van der Waals surface area (Å²) in [6, 6.07) is 36.7. The largest absolute Gasteiger partial charge is 0.425 e. The van der Waals surface area contributed by atoms with E-state index in [1.807, 2.05) is 92.8 Å². The third kappa shape index (κ3) is 6.02. The first-order valence-corrected chi connectivity index (χ1v) is 16.7. The van der Waals surface area contributed by atoms with Crippen LogP contribution in [0.1, 0.15) is 56.1 Å². The van der Waals surface area contributed by atoms with Crippen LogP contribution in [0.2, 0.25) is 0 Å². The molecule has 1 atom stereocenters. The molecular weight excluding hydrogens is 613 g/mol. The number of nitriles is 1. The van der Waals surface area contributed by atoms with Crippen molar-refractivity contribution >= 4 is 56.3 Å². The second kappa shape index (κ2) is 12.5. The highest BCUT2D eigenvalue weighted by Gasteiger charge is 2.36. The highest BCUT2D eigenvalue weighted by molar-refractivity contribution is 7.26. The van der Waals surface area contributed by atoms with Gasteiger partial charge in [-0.15, -0.1) is 11.3 Å². The van der Waals surface area contributed by atoms with Crippen LogP contribution < -0.4 is 10.9 Å². The highest BCUT2D eigenvalue weighted by Crippen LogP contribution is 2.36. The minimum Gasteiger partial charge on any atom is -0.425 e. The summed E-state index contributed by atoms with van der Waals surface area (Å²) in [7, 11) is 0.293. The van der Waals surface area contributed by atoms with Crippen LogP contribution in [0.5, 0.6) is 0 Å². The predicted molar refractivity (Wildman–Crippen MR) is 197 cm³/mol. The molecule has 2 N–H and O–H groups in total. The molecule has 9 heteroatoms. The number of nitrogens with zero attached hydrogens (tertiary/aromatic N) is 4. The van der Waals surface area contributed by atoms with E-state index in [4.69, 9.17) is 19.6 Å². The standard InChI is InChI=1S/C39H34BN5O2S/c1-38(2,46)39(3,4)47-40-34-33-30-22-27(18-19-31(30)48-32(33)20-21-42-34)24-14-16-26(17-15-24)36-43-35(25-10-6-5-7-11-25)44-37(45-36)29-13-9-8-12-28(29)23-41/h5-22,37,40,46H,1-4H3,(H,43,44,45). The molecule has 6 aromatic rings. The smallest absolute Gasteiger partial charge is 0.330 e. The van der Waals surface area contributed by atoms with E-state index in [2.05, 4.69) is 41.7 Å².